The Morgan fingerprint density at radius 3 is 2.57 bits per heavy atom. The molecule has 0 amide bonds. The zero-order valence-electron chi connectivity index (χ0n) is 12.1. The fourth-order valence-electron chi connectivity index (χ4n) is 1.76. The Bertz CT molecular complexity index is 687. The van der Waals surface area contributed by atoms with E-state index in [0.29, 0.717) is 11.3 Å². The molecule has 0 N–H and O–H groups in total. The Labute approximate surface area is 141 Å². The van der Waals surface area contributed by atoms with Gasteiger partial charge in [-0.1, -0.05) is 22.0 Å². The average molecular weight is 380 g/mol. The first-order valence-electron chi connectivity index (χ1n) is 6.82. The third-order valence-corrected chi connectivity index (χ3v) is 3.41. The summed E-state index contributed by atoms with van der Waals surface area (Å²) >= 11 is 3.33. The molecule has 0 radical (unpaired) electrons. The largest absolute Gasteiger partial charge is 0.493 e. The number of hydrogen-bond donors (Lipinski definition) is 0. The number of hydrogen-bond acceptors (Lipinski definition) is 5. The molecule has 0 aliphatic carbocycles. The van der Waals surface area contributed by atoms with E-state index in [0.717, 1.165) is 4.47 Å². The van der Waals surface area contributed by atoms with Gasteiger partial charge in [0, 0.05) is 16.6 Å². The third-order valence-electron chi connectivity index (χ3n) is 2.92. The van der Waals surface area contributed by atoms with Crippen molar-refractivity contribution in [1.29, 1.82) is 0 Å². The summed E-state index contributed by atoms with van der Waals surface area (Å²) in [6.45, 7) is 0.295. The molecular formula is C16H14BrNO5. The number of non-ortho nitro benzene ring substituents is 1. The summed E-state index contributed by atoms with van der Waals surface area (Å²) in [7, 11) is 0. The highest BCUT2D eigenvalue weighted by Gasteiger charge is 2.07. The number of nitro groups is 1. The second kappa shape index (κ2) is 8.28. The second-order valence-electron chi connectivity index (χ2n) is 4.64. The maximum atomic E-state index is 11.6. The normalized spacial score (nSPS) is 10.1. The smallest absolute Gasteiger partial charge is 0.309 e. The van der Waals surface area contributed by atoms with Crippen LogP contribution in [0.25, 0.3) is 0 Å². The monoisotopic (exact) mass is 379 g/mol. The van der Waals surface area contributed by atoms with Crippen molar-refractivity contribution in [3.63, 3.8) is 0 Å². The molecule has 0 aliphatic rings. The first-order chi connectivity index (χ1) is 11.0. The van der Waals surface area contributed by atoms with Gasteiger partial charge in [0.1, 0.15) is 12.4 Å². The molecule has 0 unspecified atom stereocenters. The van der Waals surface area contributed by atoms with Crippen molar-refractivity contribution in [2.45, 2.75) is 13.0 Å². The number of benzene rings is 2. The molecule has 0 heterocycles. The van der Waals surface area contributed by atoms with Gasteiger partial charge in [0.15, 0.2) is 0 Å². The van der Waals surface area contributed by atoms with Crippen LogP contribution in [0.15, 0.2) is 53.0 Å². The summed E-state index contributed by atoms with van der Waals surface area (Å²) in [6, 6.07) is 13.2. The van der Waals surface area contributed by atoms with Crippen LogP contribution in [-0.2, 0) is 16.1 Å². The molecule has 2 rings (SSSR count). The standard InChI is InChI=1S/C16H14BrNO5/c17-13-2-1-3-15(10-13)22-9-8-16(19)23-11-12-4-6-14(7-5-12)18(20)21/h1-7,10H,8-9,11H2. The van der Waals surface area contributed by atoms with Crippen LogP contribution in [-0.4, -0.2) is 17.5 Å². The van der Waals surface area contributed by atoms with E-state index in [4.69, 9.17) is 9.47 Å². The first kappa shape index (κ1) is 17.0. The summed E-state index contributed by atoms with van der Waals surface area (Å²) in [5.74, 6) is 0.279. The van der Waals surface area contributed by atoms with Crippen molar-refractivity contribution in [2.75, 3.05) is 6.61 Å². The maximum Gasteiger partial charge on any atom is 0.309 e. The van der Waals surface area contributed by atoms with Crippen LogP contribution in [0.4, 0.5) is 5.69 Å². The van der Waals surface area contributed by atoms with Crippen LogP contribution in [0.1, 0.15) is 12.0 Å². The minimum atomic E-state index is -0.477. The molecule has 6 nitrogen and oxygen atoms in total. The highest BCUT2D eigenvalue weighted by molar-refractivity contribution is 9.10. The van der Waals surface area contributed by atoms with Crippen LogP contribution >= 0.6 is 15.9 Å². The van der Waals surface area contributed by atoms with Crippen molar-refractivity contribution in [3.8, 4) is 5.75 Å². The van der Waals surface area contributed by atoms with Crippen molar-refractivity contribution in [2.24, 2.45) is 0 Å². The molecule has 0 saturated carbocycles. The summed E-state index contributed by atoms with van der Waals surface area (Å²) in [5.41, 5.74) is 0.694. The van der Waals surface area contributed by atoms with E-state index < -0.39 is 10.9 Å². The summed E-state index contributed by atoms with van der Waals surface area (Å²) in [6.07, 6.45) is 0.124. The third kappa shape index (κ3) is 5.71. The maximum absolute atomic E-state index is 11.6. The van der Waals surface area contributed by atoms with Crippen molar-refractivity contribution < 1.29 is 19.2 Å². The zero-order chi connectivity index (χ0) is 16.7. The molecule has 0 fully saturated rings. The minimum Gasteiger partial charge on any atom is -0.493 e. The molecule has 0 aromatic heterocycles. The second-order valence-corrected chi connectivity index (χ2v) is 5.56. The predicted molar refractivity (Wildman–Crippen MR) is 87.1 cm³/mol. The van der Waals surface area contributed by atoms with E-state index in [2.05, 4.69) is 15.9 Å². The van der Waals surface area contributed by atoms with Gasteiger partial charge in [-0.15, -0.1) is 0 Å². The number of esters is 1. The number of ether oxygens (including phenoxy) is 2. The lowest BCUT2D eigenvalue weighted by Gasteiger charge is -2.07. The fraction of sp³-hybridized carbons (Fsp3) is 0.188. The summed E-state index contributed by atoms with van der Waals surface area (Å²) in [4.78, 5) is 21.7. The van der Waals surface area contributed by atoms with Crippen LogP contribution in [0.3, 0.4) is 0 Å². The lowest BCUT2D eigenvalue weighted by Crippen LogP contribution is -2.10. The lowest BCUT2D eigenvalue weighted by atomic mass is 10.2. The van der Waals surface area contributed by atoms with Crippen molar-refractivity contribution in [3.05, 3.63) is 68.7 Å². The Hall–Kier alpha value is -2.41. The fourth-order valence-corrected chi connectivity index (χ4v) is 2.14. The number of carbonyl (C=O) groups is 1. The van der Waals surface area contributed by atoms with E-state index in [-0.39, 0.29) is 25.3 Å². The molecule has 2 aromatic carbocycles. The summed E-state index contributed by atoms with van der Waals surface area (Å²) < 4.78 is 11.4. The number of rotatable bonds is 7. The van der Waals surface area contributed by atoms with Crippen LogP contribution < -0.4 is 4.74 Å². The van der Waals surface area contributed by atoms with Gasteiger partial charge in [-0.25, -0.2) is 0 Å². The molecule has 7 heteroatoms. The highest BCUT2D eigenvalue weighted by Crippen LogP contribution is 2.18. The SMILES string of the molecule is O=C(CCOc1cccc(Br)c1)OCc1ccc([N+](=O)[O-])cc1. The molecule has 0 spiro atoms. The van der Waals surface area contributed by atoms with Gasteiger partial charge in [0.05, 0.1) is 18.0 Å². The van der Waals surface area contributed by atoms with Gasteiger partial charge in [-0.3, -0.25) is 14.9 Å². The van der Waals surface area contributed by atoms with Gasteiger partial charge >= 0.3 is 5.97 Å². The van der Waals surface area contributed by atoms with Crippen LogP contribution in [0.2, 0.25) is 0 Å². The van der Waals surface area contributed by atoms with E-state index in [1.54, 1.807) is 18.2 Å². The van der Waals surface area contributed by atoms with E-state index in [9.17, 15) is 14.9 Å². The number of nitro benzene ring substituents is 1. The minimum absolute atomic E-state index is 0.00231. The molecular weight excluding hydrogens is 366 g/mol. The topological polar surface area (TPSA) is 78.7 Å². The molecule has 23 heavy (non-hydrogen) atoms. The lowest BCUT2D eigenvalue weighted by molar-refractivity contribution is -0.384. The van der Waals surface area contributed by atoms with Gasteiger partial charge in [0.25, 0.3) is 5.69 Å². The average Bonchev–Trinajstić information content (AvgIpc) is 2.53. The molecule has 0 atom stereocenters. The van der Waals surface area contributed by atoms with E-state index in [1.807, 2.05) is 18.2 Å². The van der Waals surface area contributed by atoms with E-state index in [1.165, 1.54) is 12.1 Å². The molecule has 120 valence electrons. The Kier molecular flexibility index (Phi) is 6.10. The molecule has 0 saturated heterocycles. The first-order valence-corrected chi connectivity index (χ1v) is 7.61. The van der Waals surface area contributed by atoms with Crippen molar-refractivity contribution >= 4 is 27.6 Å². The zero-order valence-corrected chi connectivity index (χ0v) is 13.7. The predicted octanol–water partition coefficient (Wildman–Crippen LogP) is 3.87. The van der Waals surface area contributed by atoms with Gasteiger partial charge < -0.3 is 9.47 Å². The Balaban J connectivity index is 1.71. The quantitative estimate of drug-likeness (QED) is 0.414. The van der Waals surface area contributed by atoms with E-state index >= 15 is 0 Å². The molecule has 2 aromatic rings. The molecule has 0 bridgehead atoms. The van der Waals surface area contributed by atoms with Crippen molar-refractivity contribution in [1.82, 2.24) is 0 Å². The van der Waals surface area contributed by atoms with Crippen LogP contribution in [0, 0.1) is 10.1 Å². The van der Waals surface area contributed by atoms with Gasteiger partial charge in [0.2, 0.25) is 0 Å². The number of nitrogens with zero attached hydrogens (tertiary/aromatic N) is 1. The number of carbonyl (C=O) groups excluding carboxylic acids is 1. The Morgan fingerprint density at radius 1 is 1.17 bits per heavy atom. The Morgan fingerprint density at radius 2 is 1.91 bits per heavy atom. The molecule has 0 aliphatic heterocycles. The van der Waals surface area contributed by atoms with Crippen LogP contribution in [0.5, 0.6) is 5.75 Å². The van der Waals surface area contributed by atoms with Gasteiger partial charge in [-0.05, 0) is 35.9 Å². The number of halogens is 1. The summed E-state index contributed by atoms with van der Waals surface area (Å²) in [5, 5.41) is 10.5. The van der Waals surface area contributed by atoms with Gasteiger partial charge in [-0.2, -0.15) is 0 Å². The highest BCUT2D eigenvalue weighted by atomic mass is 79.9.